The lowest BCUT2D eigenvalue weighted by Gasteiger charge is -2.17. The molecule has 0 N–H and O–H groups in total. The van der Waals surface area contributed by atoms with Crippen LogP contribution in [0.15, 0.2) is 29.8 Å². The van der Waals surface area contributed by atoms with Crippen LogP contribution in [0.3, 0.4) is 0 Å². The highest BCUT2D eigenvalue weighted by Crippen LogP contribution is 2.42. The van der Waals surface area contributed by atoms with E-state index in [0.29, 0.717) is 36.8 Å². The Bertz CT molecular complexity index is 852. The summed E-state index contributed by atoms with van der Waals surface area (Å²) in [6, 6.07) is 6.64. The Hall–Kier alpha value is -2.27. The van der Waals surface area contributed by atoms with E-state index in [1.807, 2.05) is 38.1 Å². The van der Waals surface area contributed by atoms with E-state index in [0.717, 1.165) is 10.9 Å². The van der Waals surface area contributed by atoms with Crippen LogP contribution in [0, 0.1) is 0 Å². The van der Waals surface area contributed by atoms with Crippen molar-refractivity contribution in [1.29, 1.82) is 0 Å². The molecule has 1 atom stereocenters. The molecule has 6 heteroatoms. The summed E-state index contributed by atoms with van der Waals surface area (Å²) in [6.07, 6.45) is 3.05. The van der Waals surface area contributed by atoms with Crippen molar-refractivity contribution >= 4 is 40.5 Å². The number of halogens is 1. The topological polar surface area (TPSA) is 57.5 Å². The molecule has 25 heavy (non-hydrogen) atoms. The van der Waals surface area contributed by atoms with E-state index in [1.54, 1.807) is 10.6 Å². The largest absolute Gasteiger partial charge is 0.464 e. The first-order valence-electron chi connectivity index (χ1n) is 8.43. The number of ether oxygens (including phenoxy) is 2. The molecule has 0 saturated carbocycles. The monoisotopic (exact) mass is 361 g/mol. The van der Waals surface area contributed by atoms with Gasteiger partial charge in [-0.05, 0) is 25.0 Å². The summed E-state index contributed by atoms with van der Waals surface area (Å²) in [4.78, 5) is 25.1. The number of benzene rings is 1. The summed E-state index contributed by atoms with van der Waals surface area (Å²) in [5.41, 5.74) is 1.68. The van der Waals surface area contributed by atoms with Crippen LogP contribution in [0.1, 0.15) is 38.4 Å². The first-order valence-corrected chi connectivity index (χ1v) is 8.81. The van der Waals surface area contributed by atoms with Gasteiger partial charge in [0.05, 0.1) is 35.0 Å². The number of nitrogens with zero attached hydrogens (tertiary/aromatic N) is 1. The maximum Gasteiger partial charge on any atom is 0.336 e. The third kappa shape index (κ3) is 3.04. The fraction of sp³-hybridized carbons (Fsp3) is 0.368. The molecular formula is C19H20ClNO4. The molecule has 0 saturated heterocycles. The molecule has 1 aliphatic rings. The summed E-state index contributed by atoms with van der Waals surface area (Å²) < 4.78 is 12.3. The molecule has 0 radical (unpaired) electrons. The van der Waals surface area contributed by atoms with E-state index < -0.39 is 18.0 Å². The number of esters is 2. The number of carbonyl (C=O) groups excluding carboxylic acids is 2. The van der Waals surface area contributed by atoms with Crippen molar-refractivity contribution in [2.75, 3.05) is 13.2 Å². The number of aromatic nitrogens is 1. The Balaban J connectivity index is 2.08. The highest BCUT2D eigenvalue weighted by molar-refractivity contribution is 6.37. The lowest BCUT2D eigenvalue weighted by molar-refractivity contribution is -0.149. The van der Waals surface area contributed by atoms with Crippen molar-refractivity contribution in [3.63, 3.8) is 0 Å². The van der Waals surface area contributed by atoms with Crippen LogP contribution in [-0.2, 0) is 19.1 Å². The number of hydrogen-bond donors (Lipinski definition) is 0. The summed E-state index contributed by atoms with van der Waals surface area (Å²) in [5, 5.41) is 1.35. The Morgan fingerprint density at radius 2 is 1.80 bits per heavy atom. The van der Waals surface area contributed by atoms with Gasteiger partial charge in [0.1, 0.15) is 0 Å². The van der Waals surface area contributed by atoms with Crippen LogP contribution < -0.4 is 0 Å². The molecule has 0 amide bonds. The second-order valence-electron chi connectivity index (χ2n) is 5.89. The minimum atomic E-state index is -0.872. The lowest BCUT2D eigenvalue weighted by Crippen LogP contribution is -2.26. The van der Waals surface area contributed by atoms with Gasteiger partial charge in [0.25, 0.3) is 0 Å². The van der Waals surface area contributed by atoms with E-state index in [2.05, 4.69) is 0 Å². The third-order valence-electron chi connectivity index (χ3n) is 4.07. The smallest absolute Gasteiger partial charge is 0.336 e. The summed E-state index contributed by atoms with van der Waals surface area (Å²) in [7, 11) is 0. The highest BCUT2D eigenvalue weighted by Gasteiger charge is 2.39. The Kier molecular flexibility index (Phi) is 5.13. The first-order chi connectivity index (χ1) is 12.1. The molecule has 1 aromatic heterocycles. The molecule has 0 spiro atoms. The van der Waals surface area contributed by atoms with Gasteiger partial charge in [0, 0.05) is 5.39 Å². The standard InChI is InChI=1S/C19H20ClNO4/c1-3-9-24-18(22)13-11-15-16(20)12-7-5-6-8-14(12)21(15)17(13)19(23)25-10-4-2/h5-8,11,17H,3-4,9-10H2,1-2H3. The average molecular weight is 362 g/mol. The zero-order valence-corrected chi connectivity index (χ0v) is 15.0. The van der Waals surface area contributed by atoms with Gasteiger partial charge in [-0.3, -0.25) is 0 Å². The van der Waals surface area contributed by atoms with E-state index in [-0.39, 0.29) is 5.57 Å². The minimum Gasteiger partial charge on any atom is -0.464 e. The van der Waals surface area contributed by atoms with Gasteiger partial charge in [-0.25, -0.2) is 9.59 Å². The number of rotatable bonds is 6. The van der Waals surface area contributed by atoms with Gasteiger partial charge in [-0.15, -0.1) is 0 Å². The zero-order chi connectivity index (χ0) is 18.0. The summed E-state index contributed by atoms with van der Waals surface area (Å²) in [5.74, 6) is -0.984. The SMILES string of the molecule is CCCOC(=O)C1=Cc2c(Cl)c3ccccc3n2C1C(=O)OCCC. The Morgan fingerprint density at radius 1 is 1.12 bits per heavy atom. The fourth-order valence-electron chi connectivity index (χ4n) is 2.98. The van der Waals surface area contributed by atoms with Crippen LogP contribution >= 0.6 is 11.6 Å². The fourth-order valence-corrected chi connectivity index (χ4v) is 3.29. The average Bonchev–Trinajstić information content (AvgIpc) is 3.15. The first kappa shape index (κ1) is 17.5. The molecule has 2 aromatic rings. The van der Waals surface area contributed by atoms with E-state index in [9.17, 15) is 9.59 Å². The molecule has 1 unspecified atom stereocenters. The summed E-state index contributed by atoms with van der Waals surface area (Å²) in [6.45, 7) is 4.43. The maximum atomic E-state index is 12.7. The van der Waals surface area contributed by atoms with E-state index in [1.165, 1.54) is 0 Å². The van der Waals surface area contributed by atoms with Crippen LogP contribution in [0.5, 0.6) is 0 Å². The molecule has 1 aliphatic heterocycles. The molecule has 132 valence electrons. The third-order valence-corrected chi connectivity index (χ3v) is 4.47. The molecule has 0 aliphatic carbocycles. The lowest BCUT2D eigenvalue weighted by atomic mass is 10.1. The highest BCUT2D eigenvalue weighted by atomic mass is 35.5. The van der Waals surface area contributed by atoms with Gasteiger partial charge in [-0.2, -0.15) is 0 Å². The van der Waals surface area contributed by atoms with Crippen LogP contribution in [-0.4, -0.2) is 29.7 Å². The minimum absolute atomic E-state index is 0.261. The Labute approximate surface area is 151 Å². The van der Waals surface area contributed by atoms with Crippen molar-refractivity contribution < 1.29 is 19.1 Å². The van der Waals surface area contributed by atoms with Gasteiger partial charge >= 0.3 is 11.9 Å². The van der Waals surface area contributed by atoms with Crippen molar-refractivity contribution in [3.8, 4) is 0 Å². The van der Waals surface area contributed by atoms with Gasteiger partial charge in [-0.1, -0.05) is 43.6 Å². The van der Waals surface area contributed by atoms with Gasteiger partial charge in [0.2, 0.25) is 0 Å². The van der Waals surface area contributed by atoms with Crippen molar-refractivity contribution in [1.82, 2.24) is 4.57 Å². The number of hydrogen-bond acceptors (Lipinski definition) is 4. The number of fused-ring (bicyclic) bond motifs is 3. The molecule has 0 bridgehead atoms. The molecule has 3 rings (SSSR count). The molecular weight excluding hydrogens is 342 g/mol. The predicted molar refractivity (Wildman–Crippen MR) is 96.5 cm³/mol. The molecule has 1 aromatic carbocycles. The van der Waals surface area contributed by atoms with Gasteiger partial charge < -0.3 is 14.0 Å². The molecule has 0 fully saturated rings. The van der Waals surface area contributed by atoms with Crippen LogP contribution in [0.2, 0.25) is 5.02 Å². The quantitative estimate of drug-likeness (QED) is 0.725. The van der Waals surface area contributed by atoms with Gasteiger partial charge in [0.15, 0.2) is 6.04 Å². The number of carbonyl (C=O) groups is 2. The van der Waals surface area contributed by atoms with Crippen LogP contribution in [0.25, 0.3) is 17.0 Å². The van der Waals surface area contributed by atoms with Crippen molar-refractivity contribution in [3.05, 3.63) is 40.6 Å². The Morgan fingerprint density at radius 3 is 2.52 bits per heavy atom. The second-order valence-corrected chi connectivity index (χ2v) is 6.27. The normalized spacial score (nSPS) is 15.8. The zero-order valence-electron chi connectivity index (χ0n) is 14.3. The number of para-hydroxylation sites is 1. The van der Waals surface area contributed by atoms with Crippen molar-refractivity contribution in [2.24, 2.45) is 0 Å². The van der Waals surface area contributed by atoms with E-state index >= 15 is 0 Å². The van der Waals surface area contributed by atoms with E-state index in [4.69, 9.17) is 21.1 Å². The maximum absolute atomic E-state index is 12.7. The predicted octanol–water partition coefficient (Wildman–Crippen LogP) is 4.14. The molecule has 2 heterocycles. The second kappa shape index (κ2) is 7.31. The molecule has 5 nitrogen and oxygen atoms in total. The van der Waals surface area contributed by atoms with Crippen molar-refractivity contribution in [2.45, 2.75) is 32.7 Å². The summed E-state index contributed by atoms with van der Waals surface area (Å²) >= 11 is 6.48. The van der Waals surface area contributed by atoms with Crippen LogP contribution in [0.4, 0.5) is 0 Å².